The lowest BCUT2D eigenvalue weighted by Crippen LogP contribution is -2.47. The van der Waals surface area contributed by atoms with Crippen molar-refractivity contribution in [2.45, 2.75) is 13.8 Å². The molecule has 0 bridgehead atoms. The predicted octanol–water partition coefficient (Wildman–Crippen LogP) is 3.45. The van der Waals surface area contributed by atoms with E-state index >= 15 is 0 Å². The first-order valence-electron chi connectivity index (χ1n) is 9.37. The van der Waals surface area contributed by atoms with Crippen molar-refractivity contribution in [2.75, 3.05) is 36.0 Å². The van der Waals surface area contributed by atoms with Crippen LogP contribution < -0.4 is 9.80 Å². The molecule has 28 heavy (non-hydrogen) atoms. The molecule has 0 aromatic heterocycles. The van der Waals surface area contributed by atoms with Crippen LogP contribution in [0, 0.1) is 13.8 Å². The van der Waals surface area contributed by atoms with Crippen LogP contribution in [0.3, 0.4) is 0 Å². The van der Waals surface area contributed by atoms with Crippen LogP contribution in [0.25, 0.3) is 0 Å². The van der Waals surface area contributed by atoms with E-state index in [0.29, 0.717) is 24.5 Å². The summed E-state index contributed by atoms with van der Waals surface area (Å²) in [6, 6.07) is 15.9. The summed E-state index contributed by atoms with van der Waals surface area (Å²) in [5.41, 5.74) is 4.04. The fourth-order valence-electron chi connectivity index (χ4n) is 3.91. The highest BCUT2D eigenvalue weighted by molar-refractivity contribution is 6.52. The molecule has 1 saturated heterocycles. The number of imide groups is 1. The van der Waals surface area contributed by atoms with Crippen LogP contribution in [0.15, 0.2) is 59.3 Å². The van der Waals surface area contributed by atoms with E-state index in [1.807, 2.05) is 55.1 Å². The van der Waals surface area contributed by atoms with Crippen molar-refractivity contribution in [3.63, 3.8) is 0 Å². The van der Waals surface area contributed by atoms with Gasteiger partial charge in [-0.15, -0.1) is 0 Å². The average molecular weight is 396 g/mol. The summed E-state index contributed by atoms with van der Waals surface area (Å²) in [4.78, 5) is 31.3. The molecule has 5 nitrogen and oxygen atoms in total. The van der Waals surface area contributed by atoms with Gasteiger partial charge in [0.25, 0.3) is 11.8 Å². The minimum atomic E-state index is -0.447. The van der Waals surface area contributed by atoms with Crippen LogP contribution in [-0.4, -0.2) is 42.9 Å². The molecular formula is C22H22ClN3O2. The predicted molar refractivity (Wildman–Crippen MR) is 112 cm³/mol. The van der Waals surface area contributed by atoms with Gasteiger partial charge in [-0.1, -0.05) is 35.9 Å². The van der Waals surface area contributed by atoms with Gasteiger partial charge in [0.15, 0.2) is 0 Å². The number of anilines is 2. The first kappa shape index (κ1) is 18.6. The van der Waals surface area contributed by atoms with Gasteiger partial charge in [0.2, 0.25) is 0 Å². The number of piperazine rings is 1. The number of aryl methyl sites for hydroxylation is 2. The first-order valence-corrected chi connectivity index (χ1v) is 9.75. The minimum Gasteiger partial charge on any atom is -0.368 e. The maximum absolute atomic E-state index is 13.1. The molecule has 0 saturated carbocycles. The molecular weight excluding hydrogens is 374 g/mol. The molecule has 144 valence electrons. The van der Waals surface area contributed by atoms with E-state index < -0.39 is 5.91 Å². The Morgan fingerprint density at radius 1 is 0.750 bits per heavy atom. The van der Waals surface area contributed by atoms with Gasteiger partial charge in [0, 0.05) is 31.9 Å². The number of carbonyl (C=O) groups excluding carboxylic acids is 2. The SMILES string of the molecule is Cc1cc(C)cc(N2C(=O)C(Cl)=C(N3CCN(c4ccccc4)CC3)C2=O)c1. The number of hydrogen-bond acceptors (Lipinski definition) is 4. The van der Waals surface area contributed by atoms with Crippen molar-refractivity contribution < 1.29 is 9.59 Å². The van der Waals surface area contributed by atoms with E-state index in [9.17, 15) is 9.59 Å². The second kappa shape index (κ2) is 7.32. The third kappa shape index (κ3) is 3.27. The Labute approximate surface area is 169 Å². The van der Waals surface area contributed by atoms with E-state index in [1.54, 1.807) is 0 Å². The van der Waals surface area contributed by atoms with E-state index in [4.69, 9.17) is 11.6 Å². The van der Waals surface area contributed by atoms with E-state index in [0.717, 1.165) is 29.9 Å². The molecule has 1 fully saturated rings. The number of halogens is 1. The minimum absolute atomic E-state index is 0.0114. The maximum Gasteiger partial charge on any atom is 0.283 e. The quantitative estimate of drug-likeness (QED) is 0.747. The topological polar surface area (TPSA) is 43.9 Å². The Morgan fingerprint density at radius 2 is 1.32 bits per heavy atom. The number of hydrogen-bond donors (Lipinski definition) is 0. The first-order chi connectivity index (χ1) is 13.5. The number of para-hydroxylation sites is 1. The van der Waals surface area contributed by atoms with E-state index in [2.05, 4.69) is 17.0 Å². The number of carbonyl (C=O) groups is 2. The van der Waals surface area contributed by atoms with Crippen LogP contribution in [0.1, 0.15) is 11.1 Å². The molecule has 2 aliphatic heterocycles. The van der Waals surface area contributed by atoms with E-state index in [1.165, 1.54) is 4.90 Å². The summed E-state index contributed by atoms with van der Waals surface area (Å²) in [6.07, 6.45) is 0. The highest BCUT2D eigenvalue weighted by atomic mass is 35.5. The lowest BCUT2D eigenvalue weighted by atomic mass is 10.1. The molecule has 0 radical (unpaired) electrons. The Kier molecular flexibility index (Phi) is 4.85. The second-order valence-electron chi connectivity index (χ2n) is 7.26. The van der Waals surface area contributed by atoms with Gasteiger partial charge in [-0.25, -0.2) is 4.90 Å². The van der Waals surface area contributed by atoms with Gasteiger partial charge in [0.1, 0.15) is 10.7 Å². The van der Waals surface area contributed by atoms with Crippen LogP contribution in [0.5, 0.6) is 0 Å². The lowest BCUT2D eigenvalue weighted by molar-refractivity contribution is -0.121. The van der Waals surface area contributed by atoms with Crippen molar-refractivity contribution in [2.24, 2.45) is 0 Å². The molecule has 0 atom stereocenters. The van der Waals surface area contributed by atoms with Crippen LogP contribution in [0.2, 0.25) is 0 Å². The number of rotatable bonds is 3. The second-order valence-corrected chi connectivity index (χ2v) is 7.64. The van der Waals surface area contributed by atoms with E-state index in [-0.39, 0.29) is 10.9 Å². The standard InChI is InChI=1S/C22H22ClN3O2/c1-15-12-16(2)14-18(13-15)26-21(27)19(23)20(22(26)28)25-10-8-24(9-11-25)17-6-4-3-5-7-17/h3-7,12-14H,8-11H2,1-2H3. The number of benzene rings is 2. The highest BCUT2D eigenvalue weighted by Gasteiger charge is 2.42. The summed E-state index contributed by atoms with van der Waals surface area (Å²) in [7, 11) is 0. The molecule has 6 heteroatoms. The smallest absolute Gasteiger partial charge is 0.283 e. The van der Waals surface area contributed by atoms with Gasteiger partial charge in [-0.05, 0) is 49.2 Å². The molecule has 0 aliphatic carbocycles. The Morgan fingerprint density at radius 3 is 1.93 bits per heavy atom. The third-order valence-electron chi connectivity index (χ3n) is 5.19. The van der Waals surface area contributed by atoms with Crippen molar-refractivity contribution in [1.29, 1.82) is 0 Å². The largest absolute Gasteiger partial charge is 0.368 e. The fourth-order valence-corrected chi connectivity index (χ4v) is 4.19. The third-order valence-corrected chi connectivity index (χ3v) is 5.53. The molecule has 2 heterocycles. The molecule has 0 unspecified atom stereocenters. The van der Waals surface area contributed by atoms with Gasteiger partial charge >= 0.3 is 0 Å². The summed E-state index contributed by atoms with van der Waals surface area (Å²) < 4.78 is 0. The van der Waals surface area contributed by atoms with Gasteiger partial charge in [-0.3, -0.25) is 9.59 Å². The molecule has 0 spiro atoms. The summed E-state index contributed by atoms with van der Waals surface area (Å²) >= 11 is 6.35. The van der Waals surface area contributed by atoms with Gasteiger partial charge in [-0.2, -0.15) is 0 Å². The summed E-state index contributed by atoms with van der Waals surface area (Å²) in [6.45, 7) is 6.70. The average Bonchev–Trinajstić information content (AvgIpc) is 2.90. The highest BCUT2D eigenvalue weighted by Crippen LogP contribution is 2.32. The molecule has 2 amide bonds. The van der Waals surface area contributed by atoms with Crippen LogP contribution in [0.4, 0.5) is 11.4 Å². The zero-order chi connectivity index (χ0) is 19.8. The maximum atomic E-state index is 13.1. The lowest BCUT2D eigenvalue weighted by Gasteiger charge is -2.37. The summed E-state index contributed by atoms with van der Waals surface area (Å²) in [5, 5.41) is 0.0114. The molecule has 2 aliphatic rings. The zero-order valence-corrected chi connectivity index (χ0v) is 16.7. The molecule has 2 aromatic carbocycles. The number of nitrogens with zero attached hydrogens (tertiary/aromatic N) is 3. The summed E-state index contributed by atoms with van der Waals surface area (Å²) in [5.74, 6) is -0.787. The number of amides is 2. The molecule has 0 N–H and O–H groups in total. The van der Waals surface area contributed by atoms with Crippen molar-refractivity contribution in [1.82, 2.24) is 4.90 Å². The van der Waals surface area contributed by atoms with Gasteiger partial charge in [0.05, 0.1) is 5.69 Å². The molecule has 2 aromatic rings. The van der Waals surface area contributed by atoms with Crippen molar-refractivity contribution >= 4 is 34.8 Å². The normalized spacial score (nSPS) is 17.8. The van der Waals surface area contributed by atoms with Crippen LogP contribution in [-0.2, 0) is 9.59 Å². The van der Waals surface area contributed by atoms with Crippen LogP contribution >= 0.6 is 11.6 Å². The van der Waals surface area contributed by atoms with Crippen molar-refractivity contribution in [3.8, 4) is 0 Å². The van der Waals surface area contributed by atoms with Crippen molar-refractivity contribution in [3.05, 3.63) is 70.4 Å². The fraction of sp³-hybridized carbons (Fsp3) is 0.273. The Balaban J connectivity index is 1.54. The molecule has 4 rings (SSSR count). The zero-order valence-electron chi connectivity index (χ0n) is 16.0. The monoisotopic (exact) mass is 395 g/mol. The van der Waals surface area contributed by atoms with Gasteiger partial charge < -0.3 is 9.80 Å². The Hall–Kier alpha value is -2.79. The Bertz CT molecular complexity index is 943.